The van der Waals surface area contributed by atoms with Gasteiger partial charge in [0.15, 0.2) is 0 Å². The molecule has 0 spiro atoms. The van der Waals surface area contributed by atoms with E-state index in [1.54, 1.807) is 4.90 Å². The minimum Gasteiger partial charge on any atom is -0.328 e. The van der Waals surface area contributed by atoms with Crippen molar-refractivity contribution in [1.82, 2.24) is 5.01 Å². The lowest BCUT2D eigenvalue weighted by Gasteiger charge is -2.31. The number of hydrogen-bond donors (Lipinski definition) is 1. The molecule has 0 unspecified atom stereocenters. The van der Waals surface area contributed by atoms with Gasteiger partial charge in [0.25, 0.3) is 0 Å². The Morgan fingerprint density at radius 2 is 1.70 bits per heavy atom. The number of benzene rings is 2. The summed E-state index contributed by atoms with van der Waals surface area (Å²) in [6.07, 6.45) is 0. The zero-order valence-corrected chi connectivity index (χ0v) is 15.1. The van der Waals surface area contributed by atoms with Crippen LogP contribution >= 0.6 is 15.9 Å². The minimum absolute atomic E-state index is 1.02. The monoisotopic (exact) mass is 372 g/mol. The van der Waals surface area contributed by atoms with Crippen LogP contribution in [0.3, 0.4) is 0 Å². The van der Waals surface area contributed by atoms with Gasteiger partial charge in [-0.2, -0.15) is 5.10 Å². The Balaban J connectivity index is 1.54. The van der Waals surface area contributed by atoms with E-state index < -0.39 is 0 Å². The third-order valence-electron chi connectivity index (χ3n) is 4.30. The molecule has 1 heterocycles. The van der Waals surface area contributed by atoms with Crippen molar-refractivity contribution in [2.75, 3.05) is 26.2 Å². The summed E-state index contributed by atoms with van der Waals surface area (Å²) < 4.78 is 1.10. The summed E-state index contributed by atoms with van der Waals surface area (Å²) in [6.45, 7) is 7.54. The molecule has 0 aromatic heterocycles. The largest absolute Gasteiger partial charge is 0.328 e. The Hall–Kier alpha value is -1.65. The van der Waals surface area contributed by atoms with Crippen LogP contribution in [0.5, 0.6) is 0 Å². The van der Waals surface area contributed by atoms with E-state index in [-0.39, 0.29) is 0 Å². The van der Waals surface area contributed by atoms with Crippen molar-refractivity contribution >= 4 is 21.6 Å². The van der Waals surface area contributed by atoms with E-state index in [4.69, 9.17) is 5.10 Å². The molecule has 2 aromatic rings. The molecule has 1 N–H and O–H groups in total. The Morgan fingerprint density at radius 3 is 2.35 bits per heavy atom. The predicted molar refractivity (Wildman–Crippen MR) is 98.8 cm³/mol. The summed E-state index contributed by atoms with van der Waals surface area (Å²) in [6, 6.07) is 19.1. The molecule has 0 saturated carbocycles. The minimum atomic E-state index is 1.02. The Kier molecular flexibility index (Phi) is 5.47. The van der Waals surface area contributed by atoms with E-state index in [0.717, 1.165) is 42.9 Å². The normalized spacial score (nSPS) is 16.6. The molecule has 3 nitrogen and oxygen atoms in total. The molecular formula is C19H23BrN3+. The first-order valence-corrected chi connectivity index (χ1v) is 8.93. The smallest absolute Gasteiger partial charge is 0.103 e. The molecule has 0 amide bonds. The second kappa shape index (κ2) is 7.75. The first-order valence-electron chi connectivity index (χ1n) is 8.14. The second-order valence-corrected chi connectivity index (χ2v) is 6.97. The molecule has 0 radical (unpaired) electrons. The van der Waals surface area contributed by atoms with Crippen molar-refractivity contribution in [3.63, 3.8) is 0 Å². The summed E-state index contributed by atoms with van der Waals surface area (Å²) in [4.78, 5) is 1.64. The van der Waals surface area contributed by atoms with E-state index in [0.29, 0.717) is 0 Å². The zero-order chi connectivity index (χ0) is 16.1. The molecule has 1 saturated heterocycles. The highest BCUT2D eigenvalue weighted by molar-refractivity contribution is 9.10. The van der Waals surface area contributed by atoms with Crippen molar-refractivity contribution in [2.24, 2.45) is 5.10 Å². The van der Waals surface area contributed by atoms with Gasteiger partial charge in [-0.1, -0.05) is 58.4 Å². The van der Waals surface area contributed by atoms with Crippen molar-refractivity contribution in [1.29, 1.82) is 0 Å². The van der Waals surface area contributed by atoms with Crippen LogP contribution in [0.25, 0.3) is 0 Å². The molecule has 120 valence electrons. The van der Waals surface area contributed by atoms with Gasteiger partial charge in [0.1, 0.15) is 6.54 Å². The van der Waals surface area contributed by atoms with E-state index in [9.17, 15) is 0 Å². The molecule has 0 bridgehead atoms. The van der Waals surface area contributed by atoms with E-state index in [1.165, 1.54) is 11.1 Å². The highest BCUT2D eigenvalue weighted by Gasteiger charge is 2.19. The highest BCUT2D eigenvalue weighted by Crippen LogP contribution is 2.11. The van der Waals surface area contributed by atoms with Crippen LogP contribution in [0.15, 0.2) is 64.2 Å². The van der Waals surface area contributed by atoms with Crippen LogP contribution in [-0.4, -0.2) is 36.9 Å². The lowest BCUT2D eigenvalue weighted by Crippen LogP contribution is -3.13. The maximum absolute atomic E-state index is 4.80. The summed E-state index contributed by atoms with van der Waals surface area (Å²) in [5.74, 6) is 0. The lowest BCUT2D eigenvalue weighted by atomic mass is 10.1. The zero-order valence-electron chi connectivity index (χ0n) is 13.5. The number of nitrogens with one attached hydrogen (secondary N) is 1. The molecule has 1 aliphatic heterocycles. The Morgan fingerprint density at radius 1 is 1.04 bits per heavy atom. The van der Waals surface area contributed by atoms with Gasteiger partial charge in [-0.3, -0.25) is 5.01 Å². The van der Waals surface area contributed by atoms with Crippen molar-refractivity contribution in [3.8, 4) is 0 Å². The lowest BCUT2D eigenvalue weighted by molar-refractivity contribution is -0.918. The number of quaternary nitrogens is 1. The maximum atomic E-state index is 4.80. The average Bonchev–Trinajstić information content (AvgIpc) is 2.58. The molecule has 1 fully saturated rings. The number of rotatable bonds is 4. The van der Waals surface area contributed by atoms with Crippen molar-refractivity contribution in [3.05, 3.63) is 70.2 Å². The van der Waals surface area contributed by atoms with Crippen LogP contribution < -0.4 is 4.90 Å². The van der Waals surface area contributed by atoms with E-state index in [2.05, 4.69) is 82.5 Å². The number of halogens is 1. The van der Waals surface area contributed by atoms with Crippen LogP contribution in [0.2, 0.25) is 0 Å². The van der Waals surface area contributed by atoms with Gasteiger partial charge in [0, 0.05) is 10.0 Å². The first-order chi connectivity index (χ1) is 11.2. The molecule has 4 heteroatoms. The molecule has 3 rings (SSSR count). The third-order valence-corrected chi connectivity index (χ3v) is 4.83. The number of piperazine rings is 1. The van der Waals surface area contributed by atoms with Gasteiger partial charge in [-0.15, -0.1) is 0 Å². The van der Waals surface area contributed by atoms with Crippen LogP contribution in [-0.2, 0) is 6.54 Å². The van der Waals surface area contributed by atoms with Crippen molar-refractivity contribution < 1.29 is 4.90 Å². The first kappa shape index (κ1) is 16.2. The van der Waals surface area contributed by atoms with Gasteiger partial charge < -0.3 is 4.90 Å². The van der Waals surface area contributed by atoms with Gasteiger partial charge >= 0.3 is 0 Å². The van der Waals surface area contributed by atoms with Gasteiger partial charge in [0.2, 0.25) is 0 Å². The fourth-order valence-electron chi connectivity index (χ4n) is 2.93. The SMILES string of the molecule is C/C(=N\N1CC[NH+](Cc2ccccc2)CC1)c1ccc(Br)cc1. The van der Waals surface area contributed by atoms with Crippen LogP contribution in [0.4, 0.5) is 0 Å². The summed E-state index contributed by atoms with van der Waals surface area (Å²) in [5, 5.41) is 7.01. The Labute approximate surface area is 146 Å². The number of nitrogens with zero attached hydrogens (tertiary/aromatic N) is 2. The second-order valence-electron chi connectivity index (χ2n) is 6.06. The summed E-state index contributed by atoms with van der Waals surface area (Å²) in [7, 11) is 0. The van der Waals surface area contributed by atoms with Crippen molar-refractivity contribution in [2.45, 2.75) is 13.5 Å². The fraction of sp³-hybridized carbons (Fsp3) is 0.316. The van der Waals surface area contributed by atoms with Gasteiger partial charge in [-0.05, 0) is 24.6 Å². The molecule has 0 atom stereocenters. The van der Waals surface area contributed by atoms with E-state index >= 15 is 0 Å². The standard InChI is InChI=1S/C19H22BrN3/c1-16(18-7-9-19(20)10-8-18)21-23-13-11-22(12-14-23)15-17-5-3-2-4-6-17/h2-10H,11-15H2,1H3/p+1/b21-16+. The molecular weight excluding hydrogens is 350 g/mol. The summed E-state index contributed by atoms with van der Waals surface area (Å²) >= 11 is 3.47. The summed E-state index contributed by atoms with van der Waals surface area (Å²) in [5.41, 5.74) is 3.70. The van der Waals surface area contributed by atoms with Crippen LogP contribution in [0.1, 0.15) is 18.1 Å². The number of hydrogen-bond acceptors (Lipinski definition) is 2. The number of hydrazone groups is 1. The third kappa shape index (κ3) is 4.66. The average molecular weight is 373 g/mol. The van der Waals surface area contributed by atoms with E-state index in [1.807, 2.05) is 0 Å². The predicted octanol–water partition coefficient (Wildman–Crippen LogP) is 2.57. The Bertz CT molecular complexity index is 644. The topological polar surface area (TPSA) is 20.0 Å². The highest BCUT2D eigenvalue weighted by atomic mass is 79.9. The molecule has 1 aliphatic rings. The van der Waals surface area contributed by atoms with Gasteiger partial charge in [-0.25, -0.2) is 0 Å². The maximum Gasteiger partial charge on any atom is 0.103 e. The molecule has 23 heavy (non-hydrogen) atoms. The van der Waals surface area contributed by atoms with Gasteiger partial charge in [0.05, 0.1) is 31.9 Å². The van der Waals surface area contributed by atoms with Crippen LogP contribution in [0, 0.1) is 0 Å². The molecule has 0 aliphatic carbocycles. The quantitative estimate of drug-likeness (QED) is 0.817. The molecule has 2 aromatic carbocycles. The fourth-order valence-corrected chi connectivity index (χ4v) is 3.20.